The number of likely N-dealkylation sites (tertiary alicyclic amines) is 1. The van der Waals surface area contributed by atoms with Crippen LogP contribution in [0.1, 0.15) is 28.8 Å². The Kier molecular flexibility index (Phi) is 8.91. The second kappa shape index (κ2) is 12.1. The molecule has 3 heterocycles. The third-order valence-corrected chi connectivity index (χ3v) is 6.02. The van der Waals surface area contributed by atoms with Crippen molar-refractivity contribution in [1.29, 1.82) is 0 Å². The average molecular weight is 455 g/mol. The summed E-state index contributed by atoms with van der Waals surface area (Å²) in [6.07, 6.45) is 5.82. The van der Waals surface area contributed by atoms with E-state index < -0.39 is 11.9 Å². The smallest absolute Gasteiger partial charge is 0.414 e. The molecule has 2 aliphatic heterocycles. The van der Waals surface area contributed by atoms with Gasteiger partial charge in [0.15, 0.2) is 0 Å². The summed E-state index contributed by atoms with van der Waals surface area (Å²) in [5.41, 5.74) is 2.10. The van der Waals surface area contributed by atoms with Gasteiger partial charge in [-0.15, -0.1) is 0 Å². The van der Waals surface area contributed by atoms with E-state index in [9.17, 15) is 4.79 Å². The zero-order valence-electron chi connectivity index (χ0n) is 18.5. The van der Waals surface area contributed by atoms with Gasteiger partial charge < -0.3 is 15.1 Å². The average Bonchev–Trinajstić information content (AvgIpc) is 2.86. The molecule has 0 bridgehead atoms. The maximum absolute atomic E-state index is 12.6. The van der Waals surface area contributed by atoms with E-state index in [0.29, 0.717) is 11.6 Å². The normalized spacial score (nSPS) is 17.6. The number of benzene rings is 1. The third kappa shape index (κ3) is 7.37. The summed E-state index contributed by atoms with van der Waals surface area (Å²) in [6.45, 7) is 6.98. The second-order valence-electron chi connectivity index (χ2n) is 8.17. The van der Waals surface area contributed by atoms with Gasteiger partial charge in [0.1, 0.15) is 0 Å². The summed E-state index contributed by atoms with van der Waals surface area (Å²) < 4.78 is 0. The quantitative estimate of drug-likeness (QED) is 0.671. The van der Waals surface area contributed by atoms with Crippen LogP contribution in [0.15, 0.2) is 54.9 Å². The standard InChI is InChI=1S/C22H28N4O.C2H2O4/c27-22(20-7-4-10-23-17-20)26-15-13-25(14-16-26)21-8-11-24(12-9-21)18-19-5-2-1-3-6-19;3-1(4)2(5)6/h1-7,10,17,21H,8-9,11-16,18H2;(H,3,4)(H,5,6). The maximum Gasteiger partial charge on any atom is 0.414 e. The van der Waals surface area contributed by atoms with Crippen LogP contribution < -0.4 is 0 Å². The highest BCUT2D eigenvalue weighted by molar-refractivity contribution is 6.27. The van der Waals surface area contributed by atoms with Crippen LogP contribution in [0.3, 0.4) is 0 Å². The van der Waals surface area contributed by atoms with Gasteiger partial charge in [-0.2, -0.15) is 0 Å². The highest BCUT2D eigenvalue weighted by Gasteiger charge is 2.29. The fourth-order valence-electron chi connectivity index (χ4n) is 4.25. The van der Waals surface area contributed by atoms with Crippen molar-refractivity contribution < 1.29 is 24.6 Å². The fourth-order valence-corrected chi connectivity index (χ4v) is 4.25. The predicted molar refractivity (Wildman–Crippen MR) is 122 cm³/mol. The number of rotatable bonds is 4. The van der Waals surface area contributed by atoms with E-state index in [-0.39, 0.29) is 5.91 Å². The van der Waals surface area contributed by atoms with Gasteiger partial charge in [-0.25, -0.2) is 9.59 Å². The lowest BCUT2D eigenvalue weighted by atomic mass is 10.0. The van der Waals surface area contributed by atoms with Crippen molar-refractivity contribution in [2.75, 3.05) is 39.3 Å². The molecule has 9 nitrogen and oxygen atoms in total. The highest BCUT2D eigenvalue weighted by atomic mass is 16.4. The van der Waals surface area contributed by atoms with Crippen LogP contribution >= 0.6 is 0 Å². The number of aromatic nitrogens is 1. The van der Waals surface area contributed by atoms with E-state index in [0.717, 1.165) is 45.8 Å². The number of piperidine rings is 1. The molecule has 2 aliphatic rings. The summed E-state index contributed by atoms with van der Waals surface area (Å²) in [4.78, 5) is 41.9. The van der Waals surface area contributed by atoms with Crippen LogP contribution in [0.2, 0.25) is 0 Å². The van der Waals surface area contributed by atoms with E-state index in [1.807, 2.05) is 17.0 Å². The topological polar surface area (TPSA) is 114 Å². The van der Waals surface area contributed by atoms with E-state index in [4.69, 9.17) is 19.8 Å². The van der Waals surface area contributed by atoms with Crippen molar-refractivity contribution in [2.24, 2.45) is 0 Å². The molecule has 0 saturated carbocycles. The number of amides is 1. The first kappa shape index (κ1) is 24.3. The van der Waals surface area contributed by atoms with E-state index in [2.05, 4.69) is 45.1 Å². The molecule has 9 heteroatoms. The van der Waals surface area contributed by atoms with Crippen molar-refractivity contribution in [2.45, 2.75) is 25.4 Å². The number of piperazine rings is 1. The lowest BCUT2D eigenvalue weighted by Gasteiger charge is -2.42. The molecule has 2 aromatic rings. The van der Waals surface area contributed by atoms with Gasteiger partial charge in [0.25, 0.3) is 5.91 Å². The molecule has 2 saturated heterocycles. The minimum atomic E-state index is -1.82. The molecule has 1 aromatic carbocycles. The van der Waals surface area contributed by atoms with Crippen LogP contribution in [-0.2, 0) is 16.1 Å². The lowest BCUT2D eigenvalue weighted by molar-refractivity contribution is -0.159. The van der Waals surface area contributed by atoms with Crippen molar-refractivity contribution >= 4 is 17.8 Å². The first-order valence-electron chi connectivity index (χ1n) is 11.1. The second-order valence-corrected chi connectivity index (χ2v) is 8.17. The van der Waals surface area contributed by atoms with Gasteiger partial charge >= 0.3 is 11.9 Å². The first-order valence-corrected chi connectivity index (χ1v) is 11.1. The number of carbonyl (C=O) groups excluding carboxylic acids is 1. The van der Waals surface area contributed by atoms with E-state index in [1.165, 1.54) is 18.4 Å². The summed E-state index contributed by atoms with van der Waals surface area (Å²) in [7, 11) is 0. The number of pyridine rings is 1. The molecule has 33 heavy (non-hydrogen) atoms. The number of hydrogen-bond donors (Lipinski definition) is 2. The van der Waals surface area contributed by atoms with Crippen molar-refractivity contribution in [3.63, 3.8) is 0 Å². The Balaban J connectivity index is 0.000000454. The monoisotopic (exact) mass is 454 g/mol. The number of nitrogens with zero attached hydrogens (tertiary/aromatic N) is 4. The number of hydrogen-bond acceptors (Lipinski definition) is 6. The van der Waals surface area contributed by atoms with E-state index in [1.54, 1.807) is 12.4 Å². The summed E-state index contributed by atoms with van der Waals surface area (Å²) in [5.74, 6) is -3.54. The number of carboxylic acids is 2. The molecule has 2 N–H and O–H groups in total. The minimum absolute atomic E-state index is 0.112. The molecule has 1 aromatic heterocycles. The molecular weight excluding hydrogens is 424 g/mol. The Labute approximate surface area is 193 Å². The minimum Gasteiger partial charge on any atom is -0.473 e. The summed E-state index contributed by atoms with van der Waals surface area (Å²) in [5, 5.41) is 14.8. The summed E-state index contributed by atoms with van der Waals surface area (Å²) >= 11 is 0. The molecule has 4 rings (SSSR count). The number of carbonyl (C=O) groups is 3. The van der Waals surface area contributed by atoms with Crippen LogP contribution in [0.5, 0.6) is 0 Å². The highest BCUT2D eigenvalue weighted by Crippen LogP contribution is 2.20. The first-order chi connectivity index (χ1) is 15.9. The Morgan fingerprint density at radius 2 is 1.48 bits per heavy atom. The lowest BCUT2D eigenvalue weighted by Crippen LogP contribution is -2.54. The molecule has 0 aliphatic carbocycles. The van der Waals surface area contributed by atoms with Gasteiger partial charge in [0.2, 0.25) is 0 Å². The predicted octanol–water partition coefficient (Wildman–Crippen LogP) is 1.66. The van der Waals surface area contributed by atoms with Crippen LogP contribution in [0, 0.1) is 0 Å². The maximum atomic E-state index is 12.6. The number of aliphatic carboxylic acids is 2. The molecule has 2 fully saturated rings. The zero-order chi connectivity index (χ0) is 23.6. The van der Waals surface area contributed by atoms with Gasteiger partial charge in [0, 0.05) is 51.2 Å². The SMILES string of the molecule is O=C(O)C(=O)O.O=C(c1cccnc1)N1CCN(C2CCN(Cc3ccccc3)CC2)CC1. The molecular formula is C24H30N4O5. The van der Waals surface area contributed by atoms with E-state index >= 15 is 0 Å². The molecule has 176 valence electrons. The largest absolute Gasteiger partial charge is 0.473 e. The number of carboxylic acid groups (broad SMARTS) is 2. The Hall–Kier alpha value is -3.30. The summed E-state index contributed by atoms with van der Waals surface area (Å²) in [6, 6.07) is 15.1. The molecule has 0 atom stereocenters. The molecule has 0 radical (unpaired) electrons. The van der Waals surface area contributed by atoms with Crippen molar-refractivity contribution in [3.8, 4) is 0 Å². The Morgan fingerprint density at radius 1 is 0.848 bits per heavy atom. The van der Waals surface area contributed by atoms with Crippen LogP contribution in [-0.4, -0.2) is 93.1 Å². The van der Waals surface area contributed by atoms with Crippen molar-refractivity contribution in [1.82, 2.24) is 19.7 Å². The van der Waals surface area contributed by atoms with Gasteiger partial charge in [-0.1, -0.05) is 30.3 Å². The van der Waals surface area contributed by atoms with Gasteiger partial charge in [-0.05, 0) is 43.6 Å². The molecule has 0 unspecified atom stereocenters. The molecule has 0 spiro atoms. The van der Waals surface area contributed by atoms with Crippen LogP contribution in [0.25, 0.3) is 0 Å². The van der Waals surface area contributed by atoms with Crippen molar-refractivity contribution in [3.05, 3.63) is 66.0 Å². The fraction of sp³-hybridized carbons (Fsp3) is 0.417. The van der Waals surface area contributed by atoms with Gasteiger partial charge in [0.05, 0.1) is 5.56 Å². The molecule has 1 amide bonds. The Bertz CT molecular complexity index is 897. The Morgan fingerprint density at radius 3 is 2.03 bits per heavy atom. The third-order valence-electron chi connectivity index (χ3n) is 6.02. The van der Waals surface area contributed by atoms with Crippen LogP contribution in [0.4, 0.5) is 0 Å². The van der Waals surface area contributed by atoms with Gasteiger partial charge in [-0.3, -0.25) is 19.6 Å². The zero-order valence-corrected chi connectivity index (χ0v) is 18.5.